The fourth-order valence-corrected chi connectivity index (χ4v) is 4.66. The van der Waals surface area contributed by atoms with E-state index in [1.54, 1.807) is 20.3 Å². The van der Waals surface area contributed by atoms with Crippen molar-refractivity contribution in [2.24, 2.45) is 5.41 Å². The summed E-state index contributed by atoms with van der Waals surface area (Å²) in [5.74, 6) is 8.31. The number of benzene rings is 1. The van der Waals surface area contributed by atoms with E-state index in [0.29, 0.717) is 28.7 Å². The molecule has 2 N–H and O–H groups in total. The molecule has 1 saturated carbocycles. The van der Waals surface area contributed by atoms with Gasteiger partial charge in [0.05, 0.1) is 19.6 Å². The minimum atomic E-state index is 0.00403. The summed E-state index contributed by atoms with van der Waals surface area (Å²) < 4.78 is 10.6. The number of fused-ring (bicyclic) bond motifs is 1. The molecule has 2 aromatic heterocycles. The van der Waals surface area contributed by atoms with Crippen LogP contribution in [0.25, 0.3) is 11.0 Å². The van der Waals surface area contributed by atoms with Crippen LogP contribution in [0.2, 0.25) is 0 Å². The van der Waals surface area contributed by atoms with Crippen molar-refractivity contribution in [3.63, 3.8) is 0 Å². The van der Waals surface area contributed by atoms with Crippen LogP contribution < -0.4 is 14.8 Å². The van der Waals surface area contributed by atoms with Gasteiger partial charge in [-0.2, -0.15) is 5.10 Å². The molecule has 1 spiro atoms. The van der Waals surface area contributed by atoms with Gasteiger partial charge in [-0.1, -0.05) is 12.5 Å². The van der Waals surface area contributed by atoms with Crippen LogP contribution in [-0.2, 0) is 4.79 Å². The van der Waals surface area contributed by atoms with Crippen molar-refractivity contribution in [3.8, 4) is 23.3 Å². The van der Waals surface area contributed by atoms with Gasteiger partial charge in [0.1, 0.15) is 23.5 Å². The van der Waals surface area contributed by atoms with Crippen molar-refractivity contribution in [3.05, 3.63) is 48.4 Å². The number of carbonyl (C=O) groups excluding carboxylic acids is 1. The number of carbonyl (C=O) groups is 1. The maximum Gasteiger partial charge on any atom is 0.245 e. The monoisotopic (exact) mass is 444 g/mol. The number of methoxy groups -OCH3 is 2. The normalized spacial score (nSPS) is 16.4. The summed E-state index contributed by atoms with van der Waals surface area (Å²) in [6, 6.07) is 5.76. The number of rotatable bonds is 5. The fourth-order valence-electron chi connectivity index (χ4n) is 4.66. The molecule has 1 saturated heterocycles. The highest BCUT2D eigenvalue weighted by atomic mass is 16.5. The maximum absolute atomic E-state index is 11.7. The zero-order valence-corrected chi connectivity index (χ0v) is 18.5. The molecule has 168 valence electrons. The summed E-state index contributed by atoms with van der Waals surface area (Å²) in [4.78, 5) is 22.2. The average molecular weight is 444 g/mol. The Labute approximate surface area is 191 Å². The van der Waals surface area contributed by atoms with Crippen LogP contribution in [0.5, 0.6) is 11.5 Å². The van der Waals surface area contributed by atoms with Crippen molar-refractivity contribution in [1.82, 2.24) is 25.1 Å². The van der Waals surface area contributed by atoms with Crippen molar-refractivity contribution < 1.29 is 14.3 Å². The van der Waals surface area contributed by atoms with E-state index in [2.05, 4.69) is 43.9 Å². The third kappa shape index (κ3) is 3.84. The molecular weight excluding hydrogens is 420 g/mol. The number of amides is 1. The van der Waals surface area contributed by atoms with E-state index in [0.717, 1.165) is 36.9 Å². The van der Waals surface area contributed by atoms with Crippen molar-refractivity contribution in [2.45, 2.75) is 18.9 Å². The molecule has 0 unspecified atom stereocenters. The first-order valence-electron chi connectivity index (χ1n) is 10.6. The molecule has 2 aliphatic rings. The lowest BCUT2D eigenvalue weighted by molar-refractivity contribution is -0.144. The Bertz CT molecular complexity index is 1270. The molecule has 9 heteroatoms. The molecular formula is C24H24N6O3. The highest BCUT2D eigenvalue weighted by Crippen LogP contribution is 2.49. The molecule has 0 radical (unpaired) electrons. The topological polar surface area (TPSA) is 105 Å². The summed E-state index contributed by atoms with van der Waals surface area (Å²) in [7, 11) is 3.21. The van der Waals surface area contributed by atoms with Crippen LogP contribution in [0, 0.1) is 17.3 Å². The lowest BCUT2D eigenvalue weighted by Crippen LogP contribution is -2.65. The predicted molar refractivity (Wildman–Crippen MR) is 123 cm³/mol. The highest BCUT2D eigenvalue weighted by molar-refractivity contribution is 5.91. The van der Waals surface area contributed by atoms with Gasteiger partial charge < -0.3 is 19.7 Å². The third-order valence-electron chi connectivity index (χ3n) is 6.27. The number of aromatic amines is 1. The summed E-state index contributed by atoms with van der Waals surface area (Å²) >= 11 is 0. The van der Waals surface area contributed by atoms with Gasteiger partial charge in [0.2, 0.25) is 5.91 Å². The molecule has 9 nitrogen and oxygen atoms in total. The van der Waals surface area contributed by atoms with Crippen molar-refractivity contribution in [2.75, 3.05) is 32.6 Å². The number of nitrogens with one attached hydrogen (secondary N) is 2. The number of ether oxygens (including phenoxy) is 2. The Morgan fingerprint density at radius 3 is 2.61 bits per heavy atom. The number of hydrogen-bond acceptors (Lipinski definition) is 7. The first-order chi connectivity index (χ1) is 16.0. The Balaban J connectivity index is 1.34. The van der Waals surface area contributed by atoms with Gasteiger partial charge >= 0.3 is 0 Å². The van der Waals surface area contributed by atoms with Gasteiger partial charge in [-0.25, -0.2) is 9.97 Å². The minimum Gasteiger partial charge on any atom is -0.497 e. The van der Waals surface area contributed by atoms with E-state index in [1.807, 2.05) is 17.0 Å². The van der Waals surface area contributed by atoms with E-state index >= 15 is 0 Å². The molecule has 3 heterocycles. The molecule has 1 amide bonds. The first-order valence-corrected chi connectivity index (χ1v) is 10.6. The molecule has 3 aromatic rings. The van der Waals surface area contributed by atoms with Gasteiger partial charge in [0.15, 0.2) is 11.5 Å². The summed E-state index contributed by atoms with van der Waals surface area (Å²) in [5, 5.41) is 11.6. The van der Waals surface area contributed by atoms with Gasteiger partial charge in [0.25, 0.3) is 0 Å². The molecule has 1 aliphatic carbocycles. The second-order valence-electron chi connectivity index (χ2n) is 8.52. The summed E-state index contributed by atoms with van der Waals surface area (Å²) in [6.07, 6.45) is 4.82. The largest absolute Gasteiger partial charge is 0.497 e. The lowest BCUT2D eigenvalue weighted by Gasteiger charge is -2.58. The van der Waals surface area contributed by atoms with Crippen LogP contribution in [0.15, 0.2) is 37.2 Å². The SMILES string of the molecule is C=CC(=O)N1CC2(CC(Nc3n[nH]c4ncnc(C#Cc5cc(OC)cc(OC)c5)c34)C2)C1. The van der Waals surface area contributed by atoms with E-state index in [1.165, 1.54) is 12.4 Å². The van der Waals surface area contributed by atoms with Crippen LogP contribution in [0.3, 0.4) is 0 Å². The molecule has 0 bridgehead atoms. The van der Waals surface area contributed by atoms with Crippen LogP contribution in [0.4, 0.5) is 5.82 Å². The fraction of sp³-hybridized carbons (Fsp3) is 0.333. The average Bonchev–Trinajstić information content (AvgIpc) is 3.21. The zero-order valence-electron chi connectivity index (χ0n) is 18.5. The van der Waals surface area contributed by atoms with Gasteiger partial charge in [-0.3, -0.25) is 9.89 Å². The smallest absolute Gasteiger partial charge is 0.245 e. The molecule has 2 fully saturated rings. The second-order valence-corrected chi connectivity index (χ2v) is 8.52. The van der Waals surface area contributed by atoms with Gasteiger partial charge in [-0.15, -0.1) is 0 Å². The highest BCUT2D eigenvalue weighted by Gasteiger charge is 2.53. The molecule has 33 heavy (non-hydrogen) atoms. The van der Waals surface area contributed by atoms with E-state index in [4.69, 9.17) is 9.47 Å². The number of anilines is 1. The third-order valence-corrected chi connectivity index (χ3v) is 6.27. The molecule has 5 rings (SSSR count). The van der Waals surface area contributed by atoms with Crippen molar-refractivity contribution >= 4 is 22.8 Å². The zero-order chi connectivity index (χ0) is 23.0. The molecule has 1 aromatic carbocycles. The van der Waals surface area contributed by atoms with Crippen LogP contribution >= 0.6 is 0 Å². The Kier molecular flexibility index (Phi) is 5.13. The number of likely N-dealkylation sites (tertiary alicyclic amines) is 1. The maximum atomic E-state index is 11.7. The Morgan fingerprint density at radius 1 is 1.21 bits per heavy atom. The van der Waals surface area contributed by atoms with Crippen LogP contribution in [0.1, 0.15) is 24.1 Å². The lowest BCUT2D eigenvalue weighted by atomic mass is 9.60. The Morgan fingerprint density at radius 2 is 1.94 bits per heavy atom. The first kappa shape index (κ1) is 20.8. The minimum absolute atomic E-state index is 0.00403. The molecule has 1 aliphatic heterocycles. The number of aromatic nitrogens is 4. The second kappa shape index (κ2) is 8.13. The quantitative estimate of drug-likeness (QED) is 0.460. The summed E-state index contributed by atoms with van der Waals surface area (Å²) in [6.45, 7) is 5.14. The van der Waals surface area contributed by atoms with Crippen molar-refractivity contribution in [1.29, 1.82) is 0 Å². The van der Waals surface area contributed by atoms with E-state index in [9.17, 15) is 4.79 Å². The predicted octanol–water partition coefficient (Wildman–Crippen LogP) is 2.36. The van der Waals surface area contributed by atoms with Gasteiger partial charge in [0, 0.05) is 36.2 Å². The number of hydrogen-bond donors (Lipinski definition) is 2. The van der Waals surface area contributed by atoms with E-state index in [-0.39, 0.29) is 17.4 Å². The van der Waals surface area contributed by atoms with Crippen LogP contribution in [-0.4, -0.2) is 64.3 Å². The van der Waals surface area contributed by atoms with E-state index < -0.39 is 0 Å². The standard InChI is InChI=1S/C24H24N6O3/c1-4-20(31)30-12-24(13-30)10-16(11-24)27-23-21-19(25-14-26-22(21)28-29-23)6-5-15-7-17(32-2)9-18(8-15)33-3/h4,7-9,14,16H,1,10-13H2,2-3H3,(H2,25,26,27,28,29). The number of nitrogens with zero attached hydrogens (tertiary/aromatic N) is 4. The Hall–Kier alpha value is -4.06. The number of H-pyrrole nitrogens is 1. The molecule has 0 atom stereocenters. The summed E-state index contributed by atoms with van der Waals surface area (Å²) in [5.41, 5.74) is 2.17. The van der Waals surface area contributed by atoms with Gasteiger partial charge in [-0.05, 0) is 37.0 Å².